The van der Waals surface area contributed by atoms with Crippen LogP contribution in [0.5, 0.6) is 0 Å². The molecule has 2 amide bonds. The first-order valence-electron chi connectivity index (χ1n) is 7.82. The van der Waals surface area contributed by atoms with E-state index in [-0.39, 0.29) is 23.8 Å². The quantitative estimate of drug-likeness (QED) is 0.855. The SMILES string of the molecule is N#Cc1ccc(N2C[C@H]3[C@H]4CNC[C@H](C4)N3C2=O)cc1C(F)(F)F. The van der Waals surface area contributed by atoms with Gasteiger partial charge in [-0.15, -0.1) is 0 Å². The summed E-state index contributed by atoms with van der Waals surface area (Å²) in [5.74, 6) is 0.346. The molecule has 3 aliphatic heterocycles. The second kappa shape index (κ2) is 5.11. The Morgan fingerprint density at radius 1 is 1.29 bits per heavy atom. The minimum atomic E-state index is -4.62. The second-order valence-electron chi connectivity index (χ2n) is 6.52. The molecule has 4 rings (SSSR count). The first kappa shape index (κ1) is 15.3. The van der Waals surface area contributed by atoms with Crippen molar-refractivity contribution in [2.24, 2.45) is 5.92 Å². The Bertz CT molecular complexity index is 742. The summed E-state index contributed by atoms with van der Waals surface area (Å²) in [5.41, 5.74) is -1.23. The fraction of sp³-hybridized carbons (Fsp3) is 0.500. The number of alkyl halides is 3. The molecule has 0 spiro atoms. The largest absolute Gasteiger partial charge is 0.417 e. The molecule has 0 unspecified atom stereocenters. The third-order valence-corrected chi connectivity index (χ3v) is 5.22. The van der Waals surface area contributed by atoms with Crippen LogP contribution in [0.3, 0.4) is 0 Å². The zero-order valence-electron chi connectivity index (χ0n) is 12.7. The maximum atomic E-state index is 13.1. The molecular weight excluding hydrogens is 321 g/mol. The number of piperidine rings is 1. The summed E-state index contributed by atoms with van der Waals surface area (Å²) in [4.78, 5) is 15.9. The fourth-order valence-corrected chi connectivity index (χ4v) is 4.14. The fourth-order valence-electron chi connectivity index (χ4n) is 4.14. The minimum absolute atomic E-state index is 0.0440. The van der Waals surface area contributed by atoms with Gasteiger partial charge in [0.05, 0.1) is 23.2 Å². The monoisotopic (exact) mass is 336 g/mol. The van der Waals surface area contributed by atoms with Gasteiger partial charge in [0, 0.05) is 31.4 Å². The van der Waals surface area contributed by atoms with Crippen LogP contribution in [-0.4, -0.2) is 42.6 Å². The molecule has 0 radical (unpaired) electrons. The van der Waals surface area contributed by atoms with Crippen LogP contribution in [0.15, 0.2) is 18.2 Å². The van der Waals surface area contributed by atoms with Crippen molar-refractivity contribution >= 4 is 11.7 Å². The molecule has 0 aliphatic carbocycles. The molecule has 126 valence electrons. The molecule has 1 aromatic carbocycles. The Balaban J connectivity index is 1.69. The number of urea groups is 1. The highest BCUT2D eigenvalue weighted by Gasteiger charge is 2.52. The lowest BCUT2D eigenvalue weighted by atomic mass is 9.96. The number of carbonyl (C=O) groups is 1. The van der Waals surface area contributed by atoms with Gasteiger partial charge in [0.1, 0.15) is 0 Å². The highest BCUT2D eigenvalue weighted by Crippen LogP contribution is 2.40. The van der Waals surface area contributed by atoms with Gasteiger partial charge in [-0.05, 0) is 30.5 Å². The Hall–Kier alpha value is -2.27. The van der Waals surface area contributed by atoms with Crippen LogP contribution in [0.4, 0.5) is 23.7 Å². The molecule has 3 heterocycles. The summed E-state index contributed by atoms with van der Waals surface area (Å²) in [6, 6.07) is 4.95. The summed E-state index contributed by atoms with van der Waals surface area (Å²) < 4.78 is 39.4. The highest BCUT2D eigenvalue weighted by molar-refractivity contribution is 5.95. The number of amides is 2. The number of rotatable bonds is 1. The summed E-state index contributed by atoms with van der Waals surface area (Å²) in [7, 11) is 0. The van der Waals surface area contributed by atoms with Gasteiger partial charge in [-0.3, -0.25) is 4.90 Å². The molecule has 8 heteroatoms. The van der Waals surface area contributed by atoms with Gasteiger partial charge < -0.3 is 10.2 Å². The number of hydrogen-bond donors (Lipinski definition) is 1. The molecule has 5 nitrogen and oxygen atoms in total. The van der Waals surface area contributed by atoms with Gasteiger partial charge in [-0.2, -0.15) is 18.4 Å². The molecule has 1 aromatic rings. The van der Waals surface area contributed by atoms with Crippen molar-refractivity contribution in [3.05, 3.63) is 29.3 Å². The van der Waals surface area contributed by atoms with E-state index < -0.39 is 17.3 Å². The van der Waals surface area contributed by atoms with Crippen LogP contribution in [0.1, 0.15) is 17.5 Å². The van der Waals surface area contributed by atoms with E-state index in [1.54, 1.807) is 6.07 Å². The first-order valence-corrected chi connectivity index (χ1v) is 7.82. The number of benzene rings is 1. The lowest BCUT2D eigenvalue weighted by Crippen LogP contribution is -2.43. The number of fused-ring (bicyclic) bond motifs is 5. The van der Waals surface area contributed by atoms with Gasteiger partial charge >= 0.3 is 12.2 Å². The average Bonchev–Trinajstić information content (AvgIpc) is 3.02. The molecule has 3 fully saturated rings. The maximum absolute atomic E-state index is 13.1. The van der Waals surface area contributed by atoms with E-state index in [0.717, 1.165) is 31.6 Å². The van der Waals surface area contributed by atoms with Crippen LogP contribution in [0.2, 0.25) is 0 Å². The van der Waals surface area contributed by atoms with E-state index in [9.17, 15) is 18.0 Å². The van der Waals surface area contributed by atoms with Crippen molar-refractivity contribution in [3.8, 4) is 6.07 Å². The van der Waals surface area contributed by atoms with E-state index >= 15 is 0 Å². The number of hydrogen-bond acceptors (Lipinski definition) is 3. The minimum Gasteiger partial charge on any atom is -0.315 e. The third kappa shape index (κ3) is 2.15. The van der Waals surface area contributed by atoms with Crippen molar-refractivity contribution in [3.63, 3.8) is 0 Å². The number of nitrogens with one attached hydrogen (secondary N) is 1. The van der Waals surface area contributed by atoms with Gasteiger partial charge in [0.15, 0.2) is 0 Å². The van der Waals surface area contributed by atoms with Crippen LogP contribution in [-0.2, 0) is 6.18 Å². The summed E-state index contributed by atoms with van der Waals surface area (Å²) in [6.07, 6.45) is -3.67. The van der Waals surface area contributed by atoms with Crippen LogP contribution < -0.4 is 10.2 Å². The zero-order valence-corrected chi connectivity index (χ0v) is 12.7. The van der Waals surface area contributed by atoms with Crippen molar-refractivity contribution in [1.29, 1.82) is 5.26 Å². The highest BCUT2D eigenvalue weighted by atomic mass is 19.4. The van der Waals surface area contributed by atoms with Gasteiger partial charge in [-0.25, -0.2) is 4.79 Å². The normalized spacial score (nSPS) is 28.9. The second-order valence-corrected chi connectivity index (χ2v) is 6.52. The molecule has 24 heavy (non-hydrogen) atoms. The maximum Gasteiger partial charge on any atom is 0.417 e. The van der Waals surface area contributed by atoms with E-state index in [2.05, 4.69) is 5.32 Å². The molecular formula is C16H15F3N4O. The molecule has 3 aliphatic rings. The number of anilines is 1. The van der Waals surface area contributed by atoms with E-state index in [4.69, 9.17) is 5.26 Å². The van der Waals surface area contributed by atoms with Crippen LogP contribution in [0, 0.1) is 17.2 Å². The molecule has 3 atom stereocenters. The first-order chi connectivity index (χ1) is 11.4. The predicted octanol–water partition coefficient (Wildman–Crippen LogP) is 2.18. The van der Waals surface area contributed by atoms with Gasteiger partial charge in [0.2, 0.25) is 0 Å². The summed E-state index contributed by atoms with van der Waals surface area (Å²) in [6.45, 7) is 1.96. The number of carbonyl (C=O) groups excluding carboxylic acids is 1. The Morgan fingerprint density at radius 3 is 2.79 bits per heavy atom. The third-order valence-electron chi connectivity index (χ3n) is 5.22. The molecule has 1 N–H and O–H groups in total. The summed E-state index contributed by atoms with van der Waals surface area (Å²) >= 11 is 0. The van der Waals surface area contributed by atoms with E-state index in [0.29, 0.717) is 12.5 Å². The van der Waals surface area contributed by atoms with Gasteiger partial charge in [0.25, 0.3) is 0 Å². The Kier molecular flexibility index (Phi) is 3.25. The van der Waals surface area contributed by atoms with Crippen molar-refractivity contribution < 1.29 is 18.0 Å². The number of nitriles is 1. The van der Waals surface area contributed by atoms with Crippen LogP contribution >= 0.6 is 0 Å². The molecule has 2 bridgehead atoms. The Morgan fingerprint density at radius 2 is 2.08 bits per heavy atom. The van der Waals surface area contributed by atoms with Gasteiger partial charge in [-0.1, -0.05) is 0 Å². The molecule has 0 aromatic heterocycles. The Labute approximate surface area is 136 Å². The van der Waals surface area contributed by atoms with E-state index in [1.165, 1.54) is 11.0 Å². The topological polar surface area (TPSA) is 59.4 Å². The number of nitrogens with zero attached hydrogens (tertiary/aromatic N) is 3. The van der Waals surface area contributed by atoms with Crippen molar-refractivity contribution in [2.45, 2.75) is 24.7 Å². The lowest BCUT2D eigenvalue weighted by molar-refractivity contribution is -0.137. The standard InChI is InChI=1S/C16H15F3N4O/c17-16(18,19)13-4-11(2-1-9(13)5-20)22-8-14-10-3-12(7-21-6-10)23(14)15(22)24/h1-2,4,10,12,14,21H,3,6-8H2/t10-,12+,14+/m1/s1. The smallest absolute Gasteiger partial charge is 0.315 e. The van der Waals surface area contributed by atoms with Crippen LogP contribution in [0.25, 0.3) is 0 Å². The van der Waals surface area contributed by atoms with E-state index in [1.807, 2.05) is 4.90 Å². The van der Waals surface area contributed by atoms with Crippen molar-refractivity contribution in [2.75, 3.05) is 24.5 Å². The lowest BCUT2D eigenvalue weighted by Gasteiger charge is -2.26. The zero-order chi connectivity index (χ0) is 17.1. The van der Waals surface area contributed by atoms with Crippen molar-refractivity contribution in [1.82, 2.24) is 10.2 Å². The summed E-state index contributed by atoms with van der Waals surface area (Å²) in [5, 5.41) is 12.2. The predicted molar refractivity (Wildman–Crippen MR) is 79.3 cm³/mol. The average molecular weight is 336 g/mol. The number of halogens is 3. The molecule has 0 saturated carbocycles. The molecule has 3 saturated heterocycles.